The molecule has 0 aliphatic heterocycles. The summed E-state index contributed by atoms with van der Waals surface area (Å²) >= 11 is 0. The Labute approximate surface area is 109 Å². The number of aliphatic hydroxyl groups is 1. The van der Waals surface area contributed by atoms with Crippen molar-refractivity contribution in [3.05, 3.63) is 28.3 Å². The normalized spacial score (nSPS) is 12.7. The molecule has 100 valence electrons. The summed E-state index contributed by atoms with van der Waals surface area (Å²) in [5.74, 6) is 0.463. The second kappa shape index (κ2) is 5.53. The predicted octanol–water partition coefficient (Wildman–Crippen LogP) is 2.88. The van der Waals surface area contributed by atoms with E-state index in [1.165, 1.54) is 0 Å². The van der Waals surface area contributed by atoms with E-state index in [9.17, 15) is 9.90 Å². The lowest BCUT2D eigenvalue weighted by Crippen LogP contribution is -2.20. The molecule has 1 aromatic carbocycles. The number of hydrogen-bond donors (Lipinski definition) is 1. The maximum atomic E-state index is 11.9. The summed E-state index contributed by atoms with van der Waals surface area (Å²) in [6.07, 6.45) is -1.05. The Morgan fingerprint density at radius 3 is 2.22 bits per heavy atom. The first-order valence-electron chi connectivity index (χ1n) is 6.17. The van der Waals surface area contributed by atoms with Gasteiger partial charge in [-0.05, 0) is 49.1 Å². The van der Waals surface area contributed by atoms with Crippen LogP contribution < -0.4 is 4.74 Å². The van der Waals surface area contributed by atoms with Crippen LogP contribution in [0.5, 0.6) is 5.75 Å². The van der Waals surface area contributed by atoms with Crippen molar-refractivity contribution in [1.82, 2.24) is 0 Å². The fourth-order valence-electron chi connectivity index (χ4n) is 2.16. The maximum absolute atomic E-state index is 11.9. The van der Waals surface area contributed by atoms with Crippen LogP contribution in [0.15, 0.2) is 6.07 Å². The zero-order chi connectivity index (χ0) is 14.0. The van der Waals surface area contributed by atoms with Crippen LogP contribution in [0.25, 0.3) is 0 Å². The van der Waals surface area contributed by atoms with Gasteiger partial charge in [0.05, 0.1) is 7.11 Å². The minimum Gasteiger partial charge on any atom is -0.496 e. The number of hydrogen-bond acceptors (Lipinski definition) is 3. The number of Topliss-reactive ketones (excluding diaryl/α,β-unsaturated/α-hetero) is 1. The molecule has 1 atom stereocenters. The average Bonchev–Trinajstić information content (AvgIpc) is 2.32. The standard InChI is InChI=1S/C15H22O3/c1-8(2)14(16)15(17)13-9(3)7-12(18-6)10(4)11(13)5/h7-8,15,17H,1-6H3. The number of rotatable bonds is 4. The van der Waals surface area contributed by atoms with Gasteiger partial charge in [0, 0.05) is 5.92 Å². The van der Waals surface area contributed by atoms with E-state index in [-0.39, 0.29) is 11.7 Å². The molecule has 0 aliphatic rings. The highest BCUT2D eigenvalue weighted by Crippen LogP contribution is 2.32. The molecule has 0 saturated carbocycles. The zero-order valence-electron chi connectivity index (χ0n) is 12.0. The molecule has 1 unspecified atom stereocenters. The lowest BCUT2D eigenvalue weighted by atomic mass is 9.89. The van der Waals surface area contributed by atoms with E-state index in [0.717, 1.165) is 22.4 Å². The van der Waals surface area contributed by atoms with Crippen LogP contribution in [0.2, 0.25) is 0 Å². The summed E-state index contributed by atoms with van der Waals surface area (Å²) in [4.78, 5) is 11.9. The van der Waals surface area contributed by atoms with Gasteiger partial charge in [0.25, 0.3) is 0 Å². The van der Waals surface area contributed by atoms with E-state index in [1.54, 1.807) is 21.0 Å². The lowest BCUT2D eigenvalue weighted by molar-refractivity contribution is -0.130. The summed E-state index contributed by atoms with van der Waals surface area (Å²) in [6, 6.07) is 1.87. The number of aryl methyl sites for hydroxylation is 1. The van der Waals surface area contributed by atoms with E-state index >= 15 is 0 Å². The topological polar surface area (TPSA) is 46.5 Å². The molecule has 1 aromatic rings. The van der Waals surface area contributed by atoms with Gasteiger partial charge in [-0.2, -0.15) is 0 Å². The minimum absolute atomic E-state index is 0.147. The molecule has 0 aliphatic carbocycles. The number of ether oxygens (including phenoxy) is 1. The highest BCUT2D eigenvalue weighted by Gasteiger charge is 2.25. The molecule has 0 aromatic heterocycles. The van der Waals surface area contributed by atoms with Gasteiger partial charge in [0.15, 0.2) is 5.78 Å². The first kappa shape index (κ1) is 14.7. The Morgan fingerprint density at radius 1 is 1.22 bits per heavy atom. The van der Waals surface area contributed by atoms with Crippen molar-refractivity contribution in [3.8, 4) is 5.75 Å². The van der Waals surface area contributed by atoms with Gasteiger partial charge >= 0.3 is 0 Å². The molecule has 0 spiro atoms. The number of carbonyl (C=O) groups excluding carboxylic acids is 1. The first-order valence-corrected chi connectivity index (χ1v) is 6.17. The molecule has 3 nitrogen and oxygen atoms in total. The molecular weight excluding hydrogens is 228 g/mol. The Hall–Kier alpha value is -1.35. The van der Waals surface area contributed by atoms with Crippen molar-refractivity contribution in [2.45, 2.75) is 40.7 Å². The second-order valence-electron chi connectivity index (χ2n) is 5.02. The van der Waals surface area contributed by atoms with Gasteiger partial charge < -0.3 is 9.84 Å². The van der Waals surface area contributed by atoms with Gasteiger partial charge in [-0.25, -0.2) is 0 Å². The number of methoxy groups -OCH3 is 1. The van der Waals surface area contributed by atoms with Crippen molar-refractivity contribution in [3.63, 3.8) is 0 Å². The van der Waals surface area contributed by atoms with Gasteiger partial charge in [0.2, 0.25) is 0 Å². The number of carbonyl (C=O) groups is 1. The fourth-order valence-corrected chi connectivity index (χ4v) is 2.16. The molecule has 18 heavy (non-hydrogen) atoms. The summed E-state index contributed by atoms with van der Waals surface area (Å²) in [5.41, 5.74) is 3.49. The highest BCUT2D eigenvalue weighted by molar-refractivity contribution is 5.86. The SMILES string of the molecule is COc1cc(C)c(C(O)C(=O)C(C)C)c(C)c1C. The van der Waals surface area contributed by atoms with Crippen LogP contribution in [0, 0.1) is 26.7 Å². The van der Waals surface area contributed by atoms with Gasteiger partial charge in [0.1, 0.15) is 11.9 Å². The molecule has 0 fully saturated rings. The van der Waals surface area contributed by atoms with Crippen molar-refractivity contribution in [2.24, 2.45) is 5.92 Å². The summed E-state index contributed by atoms with van der Waals surface area (Å²) in [7, 11) is 1.62. The number of benzene rings is 1. The number of aliphatic hydroxyl groups excluding tert-OH is 1. The quantitative estimate of drug-likeness (QED) is 0.893. The summed E-state index contributed by atoms with van der Waals surface area (Å²) < 4.78 is 5.28. The van der Waals surface area contributed by atoms with Crippen molar-refractivity contribution in [1.29, 1.82) is 0 Å². The molecule has 0 amide bonds. The lowest BCUT2D eigenvalue weighted by Gasteiger charge is -2.20. The Balaban J connectivity index is 3.34. The van der Waals surface area contributed by atoms with Gasteiger partial charge in [-0.1, -0.05) is 13.8 Å². The van der Waals surface area contributed by atoms with E-state index in [1.807, 2.05) is 26.8 Å². The molecule has 0 saturated heterocycles. The third kappa shape index (κ3) is 2.56. The van der Waals surface area contributed by atoms with Crippen LogP contribution in [0.4, 0.5) is 0 Å². The van der Waals surface area contributed by atoms with Crippen LogP contribution in [-0.2, 0) is 4.79 Å². The average molecular weight is 250 g/mol. The third-order valence-corrected chi connectivity index (χ3v) is 3.44. The van der Waals surface area contributed by atoms with Crippen LogP contribution >= 0.6 is 0 Å². The van der Waals surface area contributed by atoms with Crippen LogP contribution in [0.3, 0.4) is 0 Å². The largest absolute Gasteiger partial charge is 0.496 e. The van der Waals surface area contributed by atoms with Crippen molar-refractivity contribution < 1.29 is 14.6 Å². The third-order valence-electron chi connectivity index (χ3n) is 3.44. The molecule has 3 heteroatoms. The maximum Gasteiger partial charge on any atom is 0.168 e. The van der Waals surface area contributed by atoms with Crippen molar-refractivity contribution in [2.75, 3.05) is 7.11 Å². The first-order chi connectivity index (χ1) is 8.31. The molecule has 0 heterocycles. The number of ketones is 1. The van der Waals surface area contributed by atoms with Crippen LogP contribution in [-0.4, -0.2) is 18.0 Å². The highest BCUT2D eigenvalue weighted by atomic mass is 16.5. The monoisotopic (exact) mass is 250 g/mol. The van der Waals surface area contributed by atoms with E-state index in [2.05, 4.69) is 0 Å². The molecular formula is C15H22O3. The molecule has 1 N–H and O–H groups in total. The molecule has 1 rings (SSSR count). The fraction of sp³-hybridized carbons (Fsp3) is 0.533. The zero-order valence-corrected chi connectivity index (χ0v) is 12.0. The predicted molar refractivity (Wildman–Crippen MR) is 72.0 cm³/mol. The van der Waals surface area contributed by atoms with Gasteiger partial charge in [-0.3, -0.25) is 4.79 Å². The Morgan fingerprint density at radius 2 is 1.78 bits per heavy atom. The van der Waals surface area contributed by atoms with Crippen LogP contribution in [0.1, 0.15) is 42.2 Å². The van der Waals surface area contributed by atoms with E-state index < -0.39 is 6.10 Å². The van der Waals surface area contributed by atoms with Crippen molar-refractivity contribution >= 4 is 5.78 Å². The summed E-state index contributed by atoms with van der Waals surface area (Å²) in [6.45, 7) is 9.33. The molecule has 0 radical (unpaired) electrons. The molecule has 0 bridgehead atoms. The Bertz CT molecular complexity index is 461. The Kier molecular flexibility index (Phi) is 4.52. The second-order valence-corrected chi connectivity index (χ2v) is 5.02. The van der Waals surface area contributed by atoms with E-state index in [0.29, 0.717) is 5.56 Å². The smallest absolute Gasteiger partial charge is 0.168 e. The van der Waals surface area contributed by atoms with Gasteiger partial charge in [-0.15, -0.1) is 0 Å². The van der Waals surface area contributed by atoms with E-state index in [4.69, 9.17) is 4.74 Å². The summed E-state index contributed by atoms with van der Waals surface area (Å²) in [5, 5.41) is 10.2. The minimum atomic E-state index is -1.05.